The first-order valence-electron chi connectivity index (χ1n) is 8.89. The molecule has 156 valence electrons. The van der Waals surface area contributed by atoms with Crippen LogP contribution in [0.4, 0.5) is 10.5 Å². The van der Waals surface area contributed by atoms with Crippen LogP contribution in [0.25, 0.3) is 11.3 Å². The van der Waals surface area contributed by atoms with Crippen LogP contribution in [0.2, 0.25) is 0 Å². The van der Waals surface area contributed by atoms with Gasteiger partial charge in [-0.1, -0.05) is 18.2 Å². The summed E-state index contributed by atoms with van der Waals surface area (Å²) >= 11 is 0. The molecule has 1 atom stereocenters. The number of hydrogen-bond acceptors (Lipinski definition) is 6. The van der Waals surface area contributed by atoms with E-state index in [2.05, 4.69) is 20.6 Å². The van der Waals surface area contributed by atoms with Gasteiger partial charge in [0.1, 0.15) is 5.75 Å². The fraction of sp³-hybridized carbons (Fsp3) is 0.150. The van der Waals surface area contributed by atoms with E-state index in [4.69, 9.17) is 0 Å². The van der Waals surface area contributed by atoms with E-state index in [0.717, 1.165) is 0 Å². The van der Waals surface area contributed by atoms with Gasteiger partial charge < -0.3 is 25.4 Å². The van der Waals surface area contributed by atoms with E-state index in [0.29, 0.717) is 16.8 Å². The minimum atomic E-state index is -1.12. The summed E-state index contributed by atoms with van der Waals surface area (Å²) < 4.78 is 1.19. The Morgan fingerprint density at radius 3 is 2.68 bits per heavy atom. The first kappa shape index (κ1) is 24.1. The Bertz CT molecular complexity index is 1140. The molecule has 3 rings (SSSR count). The fourth-order valence-electron chi connectivity index (χ4n) is 2.83. The number of amides is 2. The summed E-state index contributed by atoms with van der Waals surface area (Å²) in [6.45, 7) is 0. The predicted octanol–water partition coefficient (Wildman–Crippen LogP) is 1.24. The number of carboxylic acids is 1. The number of nitrogens with zero attached hydrogens (tertiary/aromatic N) is 3. The number of pyridine rings is 1. The van der Waals surface area contributed by atoms with Gasteiger partial charge in [-0.05, 0) is 17.7 Å². The molecule has 4 N–H and O–H groups in total. The normalized spacial score (nSPS) is 11.1. The van der Waals surface area contributed by atoms with Gasteiger partial charge in [0.25, 0.3) is 5.56 Å². The van der Waals surface area contributed by atoms with E-state index in [-0.39, 0.29) is 35.2 Å². The summed E-state index contributed by atoms with van der Waals surface area (Å²) in [5.74, 6) is -1.52. The van der Waals surface area contributed by atoms with Gasteiger partial charge in [0.15, 0.2) is 5.69 Å². The zero-order valence-electron chi connectivity index (χ0n) is 15.9. The standard InChI is InChI=1S/C20H19N5O5.Na.H/c1-25-8-5-16(26)18(19(25)29)24-20(30)23-14(10-17(27)28)12-3-2-4-13(9-12)15-11-21-6-7-22-15;;/h2-9,11,14,26H,10H2,1H3,(H,27,28)(H2,23,24,30);;/t14-;;/m0../s1. The molecule has 0 aliphatic carbocycles. The zero-order valence-corrected chi connectivity index (χ0v) is 15.9. The summed E-state index contributed by atoms with van der Waals surface area (Å²) in [4.78, 5) is 44.1. The van der Waals surface area contributed by atoms with E-state index in [1.807, 2.05) is 0 Å². The third-order valence-electron chi connectivity index (χ3n) is 4.32. The van der Waals surface area contributed by atoms with Crippen LogP contribution in [0.5, 0.6) is 5.75 Å². The Balaban J connectivity index is 0.00000341. The number of carbonyl (C=O) groups excluding carboxylic acids is 1. The molecule has 31 heavy (non-hydrogen) atoms. The van der Waals surface area contributed by atoms with Gasteiger partial charge in [0.05, 0.1) is 24.4 Å². The molecule has 0 radical (unpaired) electrons. The average molecular weight is 433 g/mol. The van der Waals surface area contributed by atoms with Crippen molar-refractivity contribution < 1.29 is 19.8 Å². The van der Waals surface area contributed by atoms with Gasteiger partial charge in [-0.2, -0.15) is 0 Å². The van der Waals surface area contributed by atoms with Crippen molar-refractivity contribution in [3.63, 3.8) is 0 Å². The second-order valence-corrected chi connectivity index (χ2v) is 6.46. The Morgan fingerprint density at radius 1 is 1.23 bits per heavy atom. The number of aryl methyl sites for hydroxylation is 1. The molecule has 1 aromatic carbocycles. The summed E-state index contributed by atoms with van der Waals surface area (Å²) in [7, 11) is 1.47. The molecule has 0 saturated heterocycles. The van der Waals surface area contributed by atoms with Crippen LogP contribution in [-0.4, -0.2) is 66.3 Å². The molecular formula is C20H20N5NaO5. The molecule has 0 aliphatic rings. The number of rotatable bonds is 6. The van der Waals surface area contributed by atoms with Crippen molar-refractivity contribution in [2.45, 2.75) is 12.5 Å². The molecule has 10 nitrogen and oxygen atoms in total. The van der Waals surface area contributed by atoms with Gasteiger partial charge in [0.2, 0.25) is 0 Å². The number of aromatic hydroxyl groups is 1. The fourth-order valence-corrected chi connectivity index (χ4v) is 2.83. The van der Waals surface area contributed by atoms with Crippen LogP contribution >= 0.6 is 0 Å². The average Bonchev–Trinajstić information content (AvgIpc) is 2.74. The number of anilines is 1. The number of urea groups is 1. The topological polar surface area (TPSA) is 146 Å². The van der Waals surface area contributed by atoms with E-state index in [9.17, 15) is 24.6 Å². The Morgan fingerprint density at radius 2 is 2.00 bits per heavy atom. The second kappa shape index (κ2) is 10.7. The number of hydrogen-bond donors (Lipinski definition) is 4. The summed E-state index contributed by atoms with van der Waals surface area (Å²) in [6, 6.07) is 6.42. The molecule has 11 heteroatoms. The van der Waals surface area contributed by atoms with E-state index >= 15 is 0 Å². The van der Waals surface area contributed by atoms with Crippen molar-refractivity contribution in [1.29, 1.82) is 0 Å². The van der Waals surface area contributed by atoms with Crippen LogP contribution in [0, 0.1) is 0 Å². The van der Waals surface area contributed by atoms with Crippen molar-refractivity contribution in [3.05, 3.63) is 71.0 Å². The Kier molecular flexibility index (Phi) is 8.31. The number of aromatic nitrogens is 3. The third kappa shape index (κ3) is 6.14. The van der Waals surface area contributed by atoms with Crippen LogP contribution in [0.1, 0.15) is 18.0 Å². The molecule has 2 amide bonds. The first-order valence-corrected chi connectivity index (χ1v) is 8.89. The van der Waals surface area contributed by atoms with Gasteiger partial charge in [-0.15, -0.1) is 0 Å². The predicted molar refractivity (Wildman–Crippen MR) is 115 cm³/mol. The minimum absolute atomic E-state index is 0. The maximum absolute atomic E-state index is 12.5. The monoisotopic (exact) mass is 433 g/mol. The van der Waals surface area contributed by atoms with Crippen molar-refractivity contribution in [3.8, 4) is 17.0 Å². The van der Waals surface area contributed by atoms with Crippen molar-refractivity contribution in [2.75, 3.05) is 5.32 Å². The number of carboxylic acid groups (broad SMARTS) is 1. The second-order valence-electron chi connectivity index (χ2n) is 6.46. The van der Waals surface area contributed by atoms with E-state index in [1.165, 1.54) is 36.3 Å². The number of nitrogens with one attached hydrogen (secondary N) is 2. The Hall–Kier alpha value is -3.21. The zero-order chi connectivity index (χ0) is 21.7. The van der Waals surface area contributed by atoms with E-state index < -0.39 is 35.8 Å². The Labute approximate surface area is 199 Å². The van der Waals surface area contributed by atoms with Gasteiger partial charge in [0, 0.05) is 31.2 Å². The van der Waals surface area contributed by atoms with Crippen molar-refractivity contribution in [1.82, 2.24) is 19.9 Å². The molecule has 0 unspecified atom stereocenters. The van der Waals surface area contributed by atoms with Crippen molar-refractivity contribution in [2.24, 2.45) is 7.05 Å². The molecule has 3 aromatic rings. The number of aliphatic carboxylic acids is 1. The molecule has 2 aromatic heterocycles. The maximum atomic E-state index is 12.5. The SMILES string of the molecule is Cn1ccc(O)c(NC(=O)N[C@@H](CC(=O)O)c2cccc(-c3cnccn3)c2)c1=O.[NaH]. The van der Waals surface area contributed by atoms with Crippen LogP contribution in [0.15, 0.2) is 59.9 Å². The first-order chi connectivity index (χ1) is 14.3. The van der Waals surface area contributed by atoms with E-state index in [1.54, 1.807) is 30.5 Å². The van der Waals surface area contributed by atoms with Gasteiger partial charge in [-0.3, -0.25) is 19.6 Å². The van der Waals surface area contributed by atoms with Gasteiger partial charge in [-0.25, -0.2) is 4.79 Å². The molecule has 0 saturated carbocycles. The van der Waals surface area contributed by atoms with Gasteiger partial charge >= 0.3 is 41.6 Å². The van der Waals surface area contributed by atoms with Crippen LogP contribution in [0.3, 0.4) is 0 Å². The summed E-state index contributed by atoms with van der Waals surface area (Å²) in [6.07, 6.45) is 5.60. The molecule has 2 heterocycles. The molecular weight excluding hydrogens is 413 g/mol. The number of benzene rings is 1. The number of carbonyl (C=O) groups is 2. The molecule has 0 spiro atoms. The van der Waals surface area contributed by atoms with Crippen molar-refractivity contribution >= 4 is 47.2 Å². The quantitative estimate of drug-likeness (QED) is 0.428. The summed E-state index contributed by atoms with van der Waals surface area (Å²) in [5, 5.41) is 24.0. The summed E-state index contributed by atoms with van der Waals surface area (Å²) in [5.41, 5.74) is 0.911. The molecule has 0 bridgehead atoms. The molecule has 0 fully saturated rings. The molecule has 0 aliphatic heterocycles. The third-order valence-corrected chi connectivity index (χ3v) is 4.32. The van der Waals surface area contributed by atoms with Crippen LogP contribution in [-0.2, 0) is 11.8 Å². The van der Waals surface area contributed by atoms with Crippen LogP contribution < -0.4 is 16.2 Å².